The van der Waals surface area contributed by atoms with Crippen LogP contribution in [0.15, 0.2) is 36.4 Å². The van der Waals surface area contributed by atoms with Crippen LogP contribution in [0.2, 0.25) is 0 Å². The molecule has 2 aromatic rings. The summed E-state index contributed by atoms with van der Waals surface area (Å²) >= 11 is 0. The minimum Gasteiger partial charge on any atom is -0.490 e. The van der Waals surface area contributed by atoms with Crippen LogP contribution in [0.25, 0.3) is 0 Å². The number of aliphatic hydroxyl groups is 1. The van der Waals surface area contributed by atoms with Crippen molar-refractivity contribution in [1.29, 1.82) is 0 Å². The van der Waals surface area contributed by atoms with Crippen LogP contribution in [0.5, 0.6) is 5.75 Å². The molecule has 5 nitrogen and oxygen atoms in total. The van der Waals surface area contributed by atoms with Crippen molar-refractivity contribution in [2.45, 2.75) is 20.0 Å². The molecule has 0 fully saturated rings. The summed E-state index contributed by atoms with van der Waals surface area (Å²) in [7, 11) is 1.38. The summed E-state index contributed by atoms with van der Waals surface area (Å²) in [6.07, 6.45) is -0.908. The number of rotatable bonds is 4. The Balaban J connectivity index is 2.48. The number of methoxy groups -OCH3 is 1. The van der Waals surface area contributed by atoms with Gasteiger partial charge in [-0.2, -0.15) is 0 Å². The lowest BCUT2D eigenvalue weighted by molar-refractivity contribution is -0.385. The molecule has 0 aliphatic rings. The van der Waals surface area contributed by atoms with Crippen molar-refractivity contribution in [3.63, 3.8) is 0 Å². The molecule has 1 atom stereocenters. The van der Waals surface area contributed by atoms with E-state index in [0.29, 0.717) is 5.56 Å². The summed E-state index contributed by atoms with van der Waals surface area (Å²) < 4.78 is 4.97. The van der Waals surface area contributed by atoms with Gasteiger partial charge >= 0.3 is 5.69 Å². The highest BCUT2D eigenvalue weighted by atomic mass is 16.6. The summed E-state index contributed by atoms with van der Waals surface area (Å²) in [4.78, 5) is 10.5. The van der Waals surface area contributed by atoms with E-state index in [0.717, 1.165) is 16.7 Å². The molecule has 110 valence electrons. The van der Waals surface area contributed by atoms with Crippen LogP contribution in [0.4, 0.5) is 5.69 Å². The van der Waals surface area contributed by atoms with Gasteiger partial charge in [-0.15, -0.1) is 0 Å². The van der Waals surface area contributed by atoms with Crippen LogP contribution in [0.3, 0.4) is 0 Å². The van der Waals surface area contributed by atoms with Crippen LogP contribution in [0, 0.1) is 24.0 Å². The van der Waals surface area contributed by atoms with E-state index in [1.54, 1.807) is 6.07 Å². The lowest BCUT2D eigenvalue weighted by Gasteiger charge is -2.15. The molecule has 0 amide bonds. The van der Waals surface area contributed by atoms with E-state index in [9.17, 15) is 15.2 Å². The Labute approximate surface area is 123 Å². The number of benzene rings is 2. The standard InChI is InChI=1S/C16H17NO4/c1-10-4-5-11(2)13(8-10)16(18)12-6-7-15(21-3)14(9-12)17(19)20/h4-9,16,18H,1-3H3. The molecule has 0 saturated carbocycles. The molecule has 0 aliphatic heterocycles. The molecule has 0 aliphatic carbocycles. The number of hydrogen-bond acceptors (Lipinski definition) is 4. The Morgan fingerprint density at radius 3 is 2.52 bits per heavy atom. The smallest absolute Gasteiger partial charge is 0.311 e. The number of hydrogen-bond donors (Lipinski definition) is 1. The summed E-state index contributed by atoms with van der Waals surface area (Å²) in [6, 6.07) is 10.3. The molecule has 1 unspecified atom stereocenters. The van der Waals surface area contributed by atoms with E-state index >= 15 is 0 Å². The Morgan fingerprint density at radius 2 is 1.90 bits per heavy atom. The molecule has 0 aromatic heterocycles. The predicted molar refractivity (Wildman–Crippen MR) is 79.6 cm³/mol. The minimum absolute atomic E-state index is 0.153. The number of aryl methyl sites for hydroxylation is 2. The van der Waals surface area contributed by atoms with Crippen molar-refractivity contribution in [2.75, 3.05) is 7.11 Å². The van der Waals surface area contributed by atoms with Crippen molar-refractivity contribution in [3.8, 4) is 5.75 Å². The first-order chi connectivity index (χ1) is 9.93. The van der Waals surface area contributed by atoms with Gasteiger partial charge in [0.2, 0.25) is 0 Å². The predicted octanol–water partition coefficient (Wildman–Crippen LogP) is 3.30. The van der Waals surface area contributed by atoms with Crippen LogP contribution in [-0.4, -0.2) is 17.1 Å². The van der Waals surface area contributed by atoms with Crippen molar-refractivity contribution < 1.29 is 14.8 Å². The van der Waals surface area contributed by atoms with Gasteiger partial charge in [-0.05, 0) is 36.6 Å². The van der Waals surface area contributed by atoms with Crippen LogP contribution in [0.1, 0.15) is 28.4 Å². The molecule has 0 heterocycles. The summed E-state index contributed by atoms with van der Waals surface area (Å²) in [5.41, 5.74) is 3.02. The van der Waals surface area contributed by atoms with Gasteiger partial charge < -0.3 is 9.84 Å². The number of ether oxygens (including phenoxy) is 1. The first kappa shape index (κ1) is 15.0. The van der Waals surface area contributed by atoms with Gasteiger partial charge in [-0.1, -0.05) is 29.8 Å². The maximum absolute atomic E-state index is 11.1. The minimum atomic E-state index is -0.908. The number of nitro groups is 1. The molecule has 1 N–H and O–H groups in total. The molecule has 0 spiro atoms. The fourth-order valence-electron chi connectivity index (χ4n) is 2.25. The number of nitrogens with zero attached hydrogens (tertiary/aromatic N) is 1. The van der Waals surface area contributed by atoms with Crippen molar-refractivity contribution >= 4 is 5.69 Å². The van der Waals surface area contributed by atoms with Gasteiger partial charge in [0.1, 0.15) is 6.10 Å². The van der Waals surface area contributed by atoms with Gasteiger partial charge in [-0.25, -0.2) is 0 Å². The number of nitro benzene ring substituents is 1. The second-order valence-electron chi connectivity index (χ2n) is 4.95. The lowest BCUT2D eigenvalue weighted by atomic mass is 9.95. The Bertz CT molecular complexity index is 682. The molecular formula is C16H17NO4. The van der Waals surface area contributed by atoms with Gasteiger partial charge in [-0.3, -0.25) is 10.1 Å². The molecule has 0 bridgehead atoms. The molecule has 0 saturated heterocycles. The van der Waals surface area contributed by atoms with E-state index in [1.807, 2.05) is 32.0 Å². The highest BCUT2D eigenvalue weighted by Gasteiger charge is 2.20. The molecule has 21 heavy (non-hydrogen) atoms. The van der Waals surface area contributed by atoms with Crippen LogP contribution < -0.4 is 4.74 Å². The zero-order chi connectivity index (χ0) is 15.6. The molecular weight excluding hydrogens is 270 g/mol. The summed E-state index contributed by atoms with van der Waals surface area (Å²) in [5.74, 6) is 0.178. The van der Waals surface area contributed by atoms with Gasteiger partial charge in [0.05, 0.1) is 12.0 Å². The first-order valence-corrected chi connectivity index (χ1v) is 6.51. The van der Waals surface area contributed by atoms with Crippen molar-refractivity contribution in [2.24, 2.45) is 0 Å². The Kier molecular flexibility index (Phi) is 4.23. The lowest BCUT2D eigenvalue weighted by Crippen LogP contribution is -2.04. The third-order valence-electron chi connectivity index (χ3n) is 3.44. The molecule has 2 aromatic carbocycles. The maximum Gasteiger partial charge on any atom is 0.311 e. The Hall–Kier alpha value is -2.40. The van der Waals surface area contributed by atoms with Gasteiger partial charge in [0.15, 0.2) is 5.75 Å². The second-order valence-corrected chi connectivity index (χ2v) is 4.95. The van der Waals surface area contributed by atoms with E-state index in [4.69, 9.17) is 4.74 Å². The average molecular weight is 287 g/mol. The first-order valence-electron chi connectivity index (χ1n) is 6.51. The molecule has 2 rings (SSSR count). The van der Waals surface area contributed by atoms with Gasteiger partial charge in [0.25, 0.3) is 0 Å². The largest absolute Gasteiger partial charge is 0.490 e. The highest BCUT2D eigenvalue weighted by molar-refractivity contribution is 5.51. The second kappa shape index (κ2) is 5.93. The third-order valence-corrected chi connectivity index (χ3v) is 3.44. The fraction of sp³-hybridized carbons (Fsp3) is 0.250. The van der Waals surface area contributed by atoms with E-state index in [2.05, 4.69) is 0 Å². The topological polar surface area (TPSA) is 72.6 Å². The average Bonchev–Trinajstić information content (AvgIpc) is 2.48. The number of aliphatic hydroxyl groups excluding tert-OH is 1. The van der Waals surface area contributed by atoms with Crippen LogP contribution >= 0.6 is 0 Å². The normalized spacial score (nSPS) is 12.0. The third kappa shape index (κ3) is 3.03. The quantitative estimate of drug-likeness (QED) is 0.691. The van der Waals surface area contributed by atoms with Crippen LogP contribution in [-0.2, 0) is 0 Å². The summed E-state index contributed by atoms with van der Waals surface area (Å²) in [5, 5.41) is 21.6. The SMILES string of the molecule is COc1ccc(C(O)c2cc(C)ccc2C)cc1[N+](=O)[O-]. The summed E-state index contributed by atoms with van der Waals surface area (Å²) in [6.45, 7) is 3.84. The van der Waals surface area contributed by atoms with E-state index < -0.39 is 11.0 Å². The monoisotopic (exact) mass is 287 g/mol. The van der Waals surface area contributed by atoms with Crippen molar-refractivity contribution in [1.82, 2.24) is 0 Å². The molecule has 0 radical (unpaired) electrons. The maximum atomic E-state index is 11.1. The highest BCUT2D eigenvalue weighted by Crippen LogP contribution is 2.33. The van der Waals surface area contributed by atoms with Gasteiger partial charge in [0, 0.05) is 6.07 Å². The fourth-order valence-corrected chi connectivity index (χ4v) is 2.25. The van der Waals surface area contributed by atoms with Crippen molar-refractivity contribution in [3.05, 3.63) is 68.8 Å². The zero-order valence-corrected chi connectivity index (χ0v) is 12.2. The van der Waals surface area contributed by atoms with E-state index in [1.165, 1.54) is 19.2 Å². The zero-order valence-electron chi connectivity index (χ0n) is 12.2. The Morgan fingerprint density at radius 1 is 1.19 bits per heavy atom. The van der Waals surface area contributed by atoms with E-state index in [-0.39, 0.29) is 11.4 Å². The molecule has 5 heteroatoms.